The van der Waals surface area contributed by atoms with E-state index < -0.39 is 21.6 Å². The van der Waals surface area contributed by atoms with Gasteiger partial charge in [-0.3, -0.25) is 4.79 Å². The lowest BCUT2D eigenvalue weighted by atomic mass is 9.77. The molecule has 6 nitrogen and oxygen atoms in total. The van der Waals surface area contributed by atoms with Crippen LogP contribution in [0.3, 0.4) is 0 Å². The Bertz CT molecular complexity index is 1400. The third-order valence-electron chi connectivity index (χ3n) is 8.03. The molecule has 1 aliphatic carbocycles. The summed E-state index contributed by atoms with van der Waals surface area (Å²) in [6.07, 6.45) is -0.0620. The average molecular weight is 586 g/mol. The number of amides is 1. The van der Waals surface area contributed by atoms with Crippen LogP contribution in [0, 0.1) is 5.41 Å². The average Bonchev–Trinajstić information content (AvgIpc) is 3.31. The van der Waals surface area contributed by atoms with Crippen LogP contribution >= 0.6 is 10.5 Å². The molecule has 3 aromatic rings. The molecule has 1 saturated carbocycles. The Morgan fingerprint density at radius 3 is 2.15 bits per heavy atom. The van der Waals surface area contributed by atoms with Gasteiger partial charge >= 0.3 is 6.36 Å². The Hall–Kier alpha value is -3.50. The van der Waals surface area contributed by atoms with Crippen molar-refractivity contribution in [2.75, 3.05) is 24.1 Å². The Morgan fingerprint density at radius 1 is 0.927 bits per heavy atom. The van der Waals surface area contributed by atoms with E-state index in [9.17, 15) is 18.0 Å². The summed E-state index contributed by atoms with van der Waals surface area (Å²) in [6.45, 7) is 3.93. The summed E-state index contributed by atoms with van der Waals surface area (Å²) in [4.78, 5) is 15.2. The fourth-order valence-corrected chi connectivity index (χ4v) is 8.69. The number of nitrogens with one attached hydrogen (secondary N) is 2. The second kappa shape index (κ2) is 11.8. The van der Waals surface area contributed by atoms with E-state index >= 15 is 0 Å². The van der Waals surface area contributed by atoms with Crippen LogP contribution < -0.4 is 25.8 Å². The van der Waals surface area contributed by atoms with Crippen molar-refractivity contribution in [2.45, 2.75) is 55.0 Å². The van der Waals surface area contributed by atoms with Gasteiger partial charge in [0.25, 0.3) is 0 Å². The van der Waals surface area contributed by atoms with Crippen molar-refractivity contribution in [3.8, 4) is 17.2 Å². The first kappa shape index (κ1) is 29.0. The van der Waals surface area contributed by atoms with Crippen molar-refractivity contribution < 1.29 is 27.4 Å². The predicted molar refractivity (Wildman–Crippen MR) is 158 cm³/mol. The van der Waals surface area contributed by atoms with E-state index in [0.29, 0.717) is 22.9 Å². The van der Waals surface area contributed by atoms with Gasteiger partial charge in [-0.25, -0.2) is 0 Å². The first-order chi connectivity index (χ1) is 19.6. The van der Waals surface area contributed by atoms with Crippen molar-refractivity contribution in [3.63, 3.8) is 0 Å². The summed E-state index contributed by atoms with van der Waals surface area (Å²) >= 11 is 0. The monoisotopic (exact) mass is 585 g/mol. The maximum atomic E-state index is 14.2. The number of para-hydroxylation sites is 2. The molecule has 1 aliphatic heterocycles. The summed E-state index contributed by atoms with van der Waals surface area (Å²) < 4.78 is 46.5. The molecular weight excluding hydrogens is 551 g/mol. The van der Waals surface area contributed by atoms with Crippen LogP contribution in [0.2, 0.25) is 0 Å². The molecule has 0 aromatic heterocycles. The minimum Gasteiger partial charge on any atom is -0.457 e. The van der Waals surface area contributed by atoms with Crippen molar-refractivity contribution >= 4 is 33.1 Å². The van der Waals surface area contributed by atoms with Crippen molar-refractivity contribution in [1.29, 1.82) is 0 Å². The van der Waals surface area contributed by atoms with Crippen LogP contribution in [0.15, 0.2) is 77.7 Å². The normalized spacial score (nSPS) is 21.0. The highest BCUT2D eigenvalue weighted by molar-refractivity contribution is 8.16. The molecule has 3 aromatic carbocycles. The molecule has 5 rings (SSSR count). The van der Waals surface area contributed by atoms with Crippen LogP contribution in [0.5, 0.6) is 17.2 Å². The first-order valence-corrected chi connectivity index (χ1v) is 14.9. The summed E-state index contributed by atoms with van der Waals surface area (Å²) in [5, 5.41) is 8.77. The molecule has 2 unspecified atom stereocenters. The van der Waals surface area contributed by atoms with Gasteiger partial charge in [-0.2, -0.15) is 0 Å². The Kier molecular flexibility index (Phi) is 8.33. The molecule has 1 heterocycles. The highest BCUT2D eigenvalue weighted by atomic mass is 32.2. The minimum absolute atomic E-state index is 0.00580. The van der Waals surface area contributed by atoms with Gasteiger partial charge in [0, 0.05) is 4.90 Å². The van der Waals surface area contributed by atoms with Crippen LogP contribution in [-0.4, -0.2) is 35.5 Å². The maximum Gasteiger partial charge on any atom is 0.573 e. The molecule has 41 heavy (non-hydrogen) atoms. The highest BCUT2D eigenvalue weighted by Crippen LogP contribution is 2.59. The summed E-state index contributed by atoms with van der Waals surface area (Å²) in [5.41, 5.74) is 7.47. The van der Waals surface area contributed by atoms with Crippen molar-refractivity contribution in [2.24, 2.45) is 5.41 Å². The lowest BCUT2D eigenvalue weighted by Gasteiger charge is -2.38. The molecule has 1 amide bonds. The zero-order chi connectivity index (χ0) is 29.1. The number of anilines is 2. The van der Waals surface area contributed by atoms with Gasteiger partial charge in [-0.15, -0.1) is 23.7 Å². The van der Waals surface area contributed by atoms with E-state index in [1.807, 2.05) is 49.4 Å². The summed E-state index contributed by atoms with van der Waals surface area (Å²) in [7, 11) is -0.511. The van der Waals surface area contributed by atoms with Crippen LogP contribution in [0.4, 0.5) is 24.5 Å². The number of halogens is 3. The molecule has 218 valence electrons. The molecule has 4 N–H and O–H groups in total. The molecule has 1 spiro atoms. The number of carbonyl (C=O) groups excluding carboxylic acids is 1. The number of carbonyl (C=O) groups is 1. The fourth-order valence-electron chi connectivity index (χ4n) is 6.05. The molecule has 0 bridgehead atoms. The van der Waals surface area contributed by atoms with Gasteiger partial charge in [-0.05, 0) is 118 Å². The number of nitrogens with two attached hydrogens (primary N) is 1. The zero-order valence-corrected chi connectivity index (χ0v) is 23.6. The first-order valence-electron chi connectivity index (χ1n) is 13.6. The van der Waals surface area contributed by atoms with Gasteiger partial charge < -0.3 is 25.8 Å². The predicted octanol–water partition coefficient (Wildman–Crippen LogP) is 7.34. The Balaban J connectivity index is 1.39. The van der Waals surface area contributed by atoms with Crippen LogP contribution in [-0.2, 0) is 4.79 Å². The number of ether oxygens (including phenoxy) is 2. The standard InChI is InChI=1S/C31H34F3N3O3S/c1-2-41(25-13-11-23(12-14-25)39-22-7-9-24(10-8-22)40-31(32,33)34)30(16-15-29(21-30)17-19-36-20-18-29)28(38)37-27-6-4-3-5-26(27)35/h2-14,36H,15-21,35H2,1H3,(H,37,38). The van der Waals surface area contributed by atoms with Gasteiger partial charge in [-0.1, -0.05) is 17.5 Å². The number of hydrogen-bond acceptors (Lipinski definition) is 5. The number of rotatable bonds is 7. The Labute approximate surface area is 240 Å². The quantitative estimate of drug-likeness (QED) is 0.200. The minimum atomic E-state index is -4.75. The largest absolute Gasteiger partial charge is 0.573 e. The zero-order valence-electron chi connectivity index (χ0n) is 22.8. The van der Waals surface area contributed by atoms with Gasteiger partial charge in [0.2, 0.25) is 5.91 Å². The van der Waals surface area contributed by atoms with Crippen LogP contribution in [0.1, 0.15) is 39.0 Å². The smallest absolute Gasteiger partial charge is 0.457 e. The second-order valence-electron chi connectivity index (χ2n) is 10.6. The van der Waals surface area contributed by atoms with Gasteiger partial charge in [0.05, 0.1) is 16.1 Å². The highest BCUT2D eigenvalue weighted by Gasteiger charge is 2.54. The number of alkyl halides is 3. The molecular formula is C31H34F3N3O3S. The van der Waals surface area contributed by atoms with E-state index in [0.717, 1.165) is 50.1 Å². The summed E-state index contributed by atoms with van der Waals surface area (Å²) in [5.74, 6) is 0.600. The van der Waals surface area contributed by atoms with E-state index in [-0.39, 0.29) is 17.1 Å². The SMILES string of the molecule is CC=S(c1ccc(Oc2ccc(OC(F)(F)F)cc2)cc1)C1(C(=O)Nc2ccccc2N)CCC2(CCNCC2)C1. The lowest BCUT2D eigenvalue weighted by Crippen LogP contribution is -2.42. The van der Waals surface area contributed by atoms with Crippen molar-refractivity contribution in [1.82, 2.24) is 5.32 Å². The maximum absolute atomic E-state index is 14.2. The number of hydrogen-bond donors (Lipinski definition) is 3. The van der Waals surface area contributed by atoms with Crippen LogP contribution in [0.25, 0.3) is 0 Å². The Morgan fingerprint density at radius 2 is 1.54 bits per heavy atom. The third-order valence-corrected chi connectivity index (χ3v) is 10.7. The molecule has 10 heteroatoms. The van der Waals surface area contributed by atoms with E-state index in [1.54, 1.807) is 6.07 Å². The van der Waals surface area contributed by atoms with Gasteiger partial charge in [0.15, 0.2) is 0 Å². The molecule has 2 fully saturated rings. The second-order valence-corrected chi connectivity index (χ2v) is 13.0. The molecule has 0 radical (unpaired) electrons. The molecule has 1 saturated heterocycles. The summed E-state index contributed by atoms with van der Waals surface area (Å²) in [6, 6.07) is 20.2. The topological polar surface area (TPSA) is 85.6 Å². The van der Waals surface area contributed by atoms with E-state index in [4.69, 9.17) is 10.5 Å². The number of nitrogen functional groups attached to an aromatic ring is 1. The van der Waals surface area contributed by atoms with E-state index in [2.05, 4.69) is 20.7 Å². The lowest BCUT2D eigenvalue weighted by molar-refractivity contribution is -0.274. The third kappa shape index (κ3) is 6.54. The number of piperidine rings is 1. The number of benzene rings is 3. The van der Waals surface area contributed by atoms with Gasteiger partial charge in [0.1, 0.15) is 17.2 Å². The molecule has 2 aliphatic rings. The van der Waals surface area contributed by atoms with Crippen molar-refractivity contribution in [3.05, 3.63) is 72.8 Å². The molecule has 2 atom stereocenters. The fraction of sp³-hybridized carbons (Fsp3) is 0.355. The van der Waals surface area contributed by atoms with E-state index in [1.165, 1.54) is 24.3 Å².